The van der Waals surface area contributed by atoms with Gasteiger partial charge in [0.1, 0.15) is 5.82 Å². The van der Waals surface area contributed by atoms with Crippen molar-refractivity contribution < 1.29 is 4.79 Å². The Balaban J connectivity index is 1.52. The van der Waals surface area contributed by atoms with Gasteiger partial charge in [0.2, 0.25) is 5.91 Å². The first kappa shape index (κ1) is 17.3. The Bertz CT molecular complexity index is 674. The van der Waals surface area contributed by atoms with Crippen molar-refractivity contribution in [1.29, 1.82) is 0 Å². The van der Waals surface area contributed by atoms with E-state index in [4.69, 9.17) is 0 Å². The first-order valence-corrected chi connectivity index (χ1v) is 8.90. The zero-order valence-electron chi connectivity index (χ0n) is 14.7. The molecule has 3 heterocycles. The Morgan fingerprint density at radius 2 is 2.16 bits per heavy atom. The normalized spacial score (nSPS) is 17.8. The molecule has 0 aliphatic carbocycles. The van der Waals surface area contributed by atoms with Gasteiger partial charge >= 0.3 is 0 Å². The molecular weight excluding hydrogens is 314 g/mol. The number of rotatable bonds is 5. The van der Waals surface area contributed by atoms with E-state index in [1.807, 2.05) is 30.3 Å². The maximum absolute atomic E-state index is 12.5. The van der Waals surface area contributed by atoms with E-state index in [2.05, 4.69) is 20.3 Å². The highest BCUT2D eigenvalue weighted by molar-refractivity contribution is 5.78. The number of carbonyl (C=O) groups excluding carboxylic acids is 1. The van der Waals surface area contributed by atoms with Gasteiger partial charge in [-0.1, -0.05) is 6.07 Å². The zero-order valence-corrected chi connectivity index (χ0v) is 14.7. The third-order valence-electron chi connectivity index (χ3n) is 4.74. The average molecular weight is 339 g/mol. The summed E-state index contributed by atoms with van der Waals surface area (Å²) in [5, 5.41) is 2.98. The number of pyridine rings is 1. The zero-order chi connectivity index (χ0) is 17.5. The molecule has 1 atom stereocenters. The van der Waals surface area contributed by atoms with Gasteiger partial charge in [-0.2, -0.15) is 0 Å². The van der Waals surface area contributed by atoms with E-state index in [1.165, 1.54) is 0 Å². The van der Waals surface area contributed by atoms with E-state index >= 15 is 0 Å². The van der Waals surface area contributed by atoms with Gasteiger partial charge in [-0.15, -0.1) is 0 Å². The van der Waals surface area contributed by atoms with Crippen LogP contribution >= 0.6 is 0 Å². The predicted octanol–water partition coefficient (Wildman–Crippen LogP) is 2.33. The van der Waals surface area contributed by atoms with Crippen molar-refractivity contribution in [3.05, 3.63) is 48.2 Å². The summed E-state index contributed by atoms with van der Waals surface area (Å²) in [5.74, 6) is 1.55. The van der Waals surface area contributed by atoms with Gasteiger partial charge in [-0.3, -0.25) is 14.8 Å². The first-order chi connectivity index (χ1) is 12.2. The summed E-state index contributed by atoms with van der Waals surface area (Å²) in [6, 6.07) is 3.83. The number of anilines is 1. The van der Waals surface area contributed by atoms with Gasteiger partial charge in [-0.05, 0) is 43.2 Å². The molecule has 1 aliphatic rings. The molecule has 6 heteroatoms. The minimum Gasteiger partial charge on any atom is -0.372 e. The van der Waals surface area contributed by atoms with Gasteiger partial charge in [0.05, 0.1) is 24.5 Å². The van der Waals surface area contributed by atoms with Crippen LogP contribution in [0.4, 0.5) is 5.82 Å². The molecule has 3 rings (SSSR count). The van der Waals surface area contributed by atoms with E-state index < -0.39 is 0 Å². The standard InChI is InChI=1S/C19H25N5O/c1-20-18-14-22-17(13-23-18)10-15-5-3-8-24(9-6-15)19(25)11-16-4-2-7-21-12-16/h2,4,7,12-15H,3,5-6,8-11H2,1H3,(H,20,23)/t15-/m0/s1. The molecule has 0 aromatic carbocycles. The molecule has 0 radical (unpaired) electrons. The van der Waals surface area contributed by atoms with Crippen LogP contribution in [0.5, 0.6) is 0 Å². The summed E-state index contributed by atoms with van der Waals surface area (Å²) in [5.41, 5.74) is 2.01. The molecular formula is C19H25N5O. The first-order valence-electron chi connectivity index (χ1n) is 8.90. The van der Waals surface area contributed by atoms with Crippen LogP contribution in [-0.4, -0.2) is 45.9 Å². The number of amides is 1. The third kappa shape index (κ3) is 4.98. The van der Waals surface area contributed by atoms with Crippen molar-refractivity contribution in [2.45, 2.75) is 32.1 Å². The lowest BCUT2D eigenvalue weighted by Gasteiger charge is -2.20. The van der Waals surface area contributed by atoms with Crippen LogP contribution in [0.2, 0.25) is 0 Å². The number of nitrogens with one attached hydrogen (secondary N) is 1. The minimum atomic E-state index is 0.201. The van der Waals surface area contributed by atoms with E-state index in [0.29, 0.717) is 12.3 Å². The van der Waals surface area contributed by atoms with E-state index in [9.17, 15) is 4.79 Å². The number of aromatic nitrogens is 3. The van der Waals surface area contributed by atoms with Crippen molar-refractivity contribution >= 4 is 11.7 Å². The van der Waals surface area contributed by atoms with Crippen LogP contribution < -0.4 is 5.32 Å². The van der Waals surface area contributed by atoms with Crippen molar-refractivity contribution in [2.24, 2.45) is 5.92 Å². The number of hydrogen-bond donors (Lipinski definition) is 1. The predicted molar refractivity (Wildman–Crippen MR) is 97.1 cm³/mol. The number of carbonyl (C=O) groups is 1. The molecule has 2 aromatic heterocycles. The average Bonchev–Trinajstić information content (AvgIpc) is 2.89. The fourth-order valence-electron chi connectivity index (χ4n) is 3.29. The molecule has 1 saturated heterocycles. The largest absolute Gasteiger partial charge is 0.372 e. The quantitative estimate of drug-likeness (QED) is 0.905. The van der Waals surface area contributed by atoms with Crippen LogP contribution in [0.1, 0.15) is 30.5 Å². The third-order valence-corrected chi connectivity index (χ3v) is 4.74. The summed E-state index contributed by atoms with van der Waals surface area (Å²) in [7, 11) is 1.84. The van der Waals surface area contributed by atoms with Gasteiger partial charge in [0, 0.05) is 32.5 Å². The highest BCUT2D eigenvalue weighted by atomic mass is 16.2. The van der Waals surface area contributed by atoms with Crippen LogP contribution in [0.25, 0.3) is 0 Å². The molecule has 0 unspecified atom stereocenters. The van der Waals surface area contributed by atoms with Crippen LogP contribution in [0, 0.1) is 5.92 Å². The van der Waals surface area contributed by atoms with E-state index in [1.54, 1.807) is 18.6 Å². The molecule has 132 valence electrons. The Kier molecular flexibility index (Phi) is 5.93. The molecule has 1 aliphatic heterocycles. The molecule has 1 N–H and O–H groups in total. The summed E-state index contributed by atoms with van der Waals surface area (Å²) >= 11 is 0. The fourth-order valence-corrected chi connectivity index (χ4v) is 3.29. The van der Waals surface area contributed by atoms with Gasteiger partial charge < -0.3 is 10.2 Å². The Morgan fingerprint density at radius 3 is 2.88 bits per heavy atom. The number of likely N-dealkylation sites (tertiary alicyclic amines) is 1. The fraction of sp³-hybridized carbons (Fsp3) is 0.474. The maximum atomic E-state index is 12.5. The lowest BCUT2D eigenvalue weighted by atomic mass is 9.95. The smallest absolute Gasteiger partial charge is 0.227 e. The summed E-state index contributed by atoms with van der Waals surface area (Å²) in [6.07, 6.45) is 11.7. The molecule has 0 saturated carbocycles. The number of hydrogen-bond acceptors (Lipinski definition) is 5. The number of nitrogens with zero attached hydrogens (tertiary/aromatic N) is 4. The highest BCUT2D eigenvalue weighted by Gasteiger charge is 2.21. The van der Waals surface area contributed by atoms with Gasteiger partial charge in [0.15, 0.2) is 0 Å². The van der Waals surface area contributed by atoms with Crippen molar-refractivity contribution in [3.63, 3.8) is 0 Å². The van der Waals surface area contributed by atoms with E-state index in [-0.39, 0.29) is 5.91 Å². The SMILES string of the molecule is CNc1cnc(C[C@H]2CCCN(C(=O)Cc3cccnc3)CC2)cn1. The second-order valence-electron chi connectivity index (χ2n) is 6.56. The second kappa shape index (κ2) is 8.55. The van der Waals surface area contributed by atoms with Crippen molar-refractivity contribution in [2.75, 3.05) is 25.5 Å². The maximum Gasteiger partial charge on any atom is 0.227 e. The molecule has 0 bridgehead atoms. The van der Waals surface area contributed by atoms with E-state index in [0.717, 1.165) is 55.8 Å². The lowest BCUT2D eigenvalue weighted by molar-refractivity contribution is -0.130. The monoisotopic (exact) mass is 339 g/mol. The summed E-state index contributed by atoms with van der Waals surface area (Å²) < 4.78 is 0. The highest BCUT2D eigenvalue weighted by Crippen LogP contribution is 2.21. The van der Waals surface area contributed by atoms with Crippen LogP contribution in [-0.2, 0) is 17.6 Å². The Labute approximate surface area is 148 Å². The lowest BCUT2D eigenvalue weighted by Crippen LogP contribution is -2.33. The van der Waals surface area contributed by atoms with Crippen LogP contribution in [0.3, 0.4) is 0 Å². The molecule has 0 spiro atoms. The summed E-state index contributed by atoms with van der Waals surface area (Å²) in [4.78, 5) is 27.4. The minimum absolute atomic E-state index is 0.201. The topological polar surface area (TPSA) is 71.0 Å². The summed E-state index contributed by atoms with van der Waals surface area (Å²) in [6.45, 7) is 1.67. The molecule has 25 heavy (non-hydrogen) atoms. The Hall–Kier alpha value is -2.50. The van der Waals surface area contributed by atoms with Crippen LogP contribution in [0.15, 0.2) is 36.9 Å². The second-order valence-corrected chi connectivity index (χ2v) is 6.56. The molecule has 1 amide bonds. The molecule has 6 nitrogen and oxygen atoms in total. The van der Waals surface area contributed by atoms with Crippen molar-refractivity contribution in [3.8, 4) is 0 Å². The Morgan fingerprint density at radius 1 is 1.24 bits per heavy atom. The molecule has 1 fully saturated rings. The van der Waals surface area contributed by atoms with Crippen molar-refractivity contribution in [1.82, 2.24) is 19.9 Å². The molecule has 2 aromatic rings. The van der Waals surface area contributed by atoms with Gasteiger partial charge in [-0.25, -0.2) is 4.98 Å². The van der Waals surface area contributed by atoms with Gasteiger partial charge in [0.25, 0.3) is 0 Å².